The van der Waals surface area contributed by atoms with Crippen molar-refractivity contribution in [1.82, 2.24) is 0 Å². The summed E-state index contributed by atoms with van der Waals surface area (Å²) in [7, 11) is -6.15. The number of aryl methyl sites for hydroxylation is 3. The summed E-state index contributed by atoms with van der Waals surface area (Å²) < 4.78 is 30.7. The van der Waals surface area contributed by atoms with Gasteiger partial charge in [-0.2, -0.15) is 8.42 Å². The van der Waals surface area contributed by atoms with Crippen molar-refractivity contribution < 1.29 is 12.0 Å². The lowest BCUT2D eigenvalue weighted by Crippen LogP contribution is -2.13. The Morgan fingerprint density at radius 3 is 1.04 bits per heavy atom. The van der Waals surface area contributed by atoms with Gasteiger partial charge < -0.3 is 0 Å². The van der Waals surface area contributed by atoms with Crippen molar-refractivity contribution in [3.05, 3.63) is 89.5 Å². The molecule has 0 heterocycles. The molecule has 0 saturated heterocycles. The Balaban J connectivity index is 2.37. The molecule has 0 amide bonds. The molecule has 0 spiro atoms. The van der Waals surface area contributed by atoms with E-state index < -0.39 is 20.4 Å². The van der Waals surface area contributed by atoms with Crippen LogP contribution in [0.4, 0.5) is 0 Å². The molecule has 0 aromatic heterocycles. The van der Waals surface area contributed by atoms with E-state index in [-0.39, 0.29) is 0 Å². The fraction of sp³-hybridized carbons (Fsp3) is 0.182. The highest BCUT2D eigenvalue weighted by Crippen LogP contribution is 2.69. The second kappa shape index (κ2) is 7.50. The van der Waals surface area contributed by atoms with Gasteiger partial charge in [-0.1, -0.05) is 53.1 Å². The van der Waals surface area contributed by atoms with Crippen LogP contribution in [0.2, 0.25) is 0 Å². The molecule has 27 heavy (non-hydrogen) atoms. The Morgan fingerprint density at radius 1 is 0.556 bits per heavy atom. The maximum Gasteiger partial charge on any atom is 0.274 e. The summed E-state index contributed by atoms with van der Waals surface area (Å²) in [6.45, 7) is 6.03. The smallest absolute Gasteiger partial charge is 0.207 e. The second-order valence-corrected chi connectivity index (χ2v) is 11.2. The maximum atomic E-state index is 12.4. The Bertz CT molecular complexity index is 909. The highest BCUT2D eigenvalue weighted by Gasteiger charge is 2.36. The van der Waals surface area contributed by atoms with Gasteiger partial charge in [0.15, 0.2) is 0 Å². The Morgan fingerprint density at radius 2 is 0.815 bits per heavy atom. The van der Waals surface area contributed by atoms with E-state index in [1.807, 2.05) is 93.6 Å². The molecule has 0 atom stereocenters. The summed E-state index contributed by atoms with van der Waals surface area (Å²) in [6, 6.07) is 23.8. The lowest BCUT2D eigenvalue weighted by atomic mass is 10.2. The SMILES string of the molecule is Cc1ccc(S(OS(C)(=O)=O)(c2ccc(C)cc2)c2ccc(C)cc2)cc1. The van der Waals surface area contributed by atoms with Gasteiger partial charge >= 0.3 is 0 Å². The summed E-state index contributed by atoms with van der Waals surface area (Å²) in [6.07, 6.45) is 1.12. The molecular weight excluding hydrogens is 376 g/mol. The second-order valence-electron chi connectivity index (χ2n) is 6.77. The molecule has 3 rings (SSSR count). The van der Waals surface area contributed by atoms with E-state index in [9.17, 15) is 8.42 Å². The Labute approximate surface area is 163 Å². The molecule has 0 radical (unpaired) electrons. The minimum atomic E-state index is -3.72. The average molecular weight is 401 g/mol. The normalized spacial score (nSPS) is 12.7. The lowest BCUT2D eigenvalue weighted by molar-refractivity contribution is 0.515. The molecule has 0 aliphatic rings. The van der Waals surface area contributed by atoms with Crippen LogP contribution in [0.5, 0.6) is 0 Å². The molecule has 0 unspecified atom stereocenters. The van der Waals surface area contributed by atoms with Crippen molar-refractivity contribution >= 4 is 20.4 Å². The predicted octanol–water partition coefficient (Wildman–Crippen LogP) is 5.78. The first-order chi connectivity index (χ1) is 12.7. The van der Waals surface area contributed by atoms with Crippen LogP contribution in [-0.2, 0) is 13.7 Å². The van der Waals surface area contributed by atoms with Crippen LogP contribution in [0.15, 0.2) is 87.5 Å². The molecule has 3 aromatic carbocycles. The monoisotopic (exact) mass is 400 g/mol. The molecule has 142 valence electrons. The first kappa shape index (κ1) is 19.7. The summed E-state index contributed by atoms with van der Waals surface area (Å²) in [5, 5.41) is 0. The number of rotatable bonds is 5. The number of hydrogen-bond donors (Lipinski definition) is 0. The van der Waals surface area contributed by atoms with E-state index in [0.717, 1.165) is 37.6 Å². The van der Waals surface area contributed by atoms with Gasteiger partial charge in [-0.05, 0) is 67.5 Å². The molecule has 0 N–H and O–H groups in total. The molecule has 0 bridgehead atoms. The minimum Gasteiger partial charge on any atom is -0.207 e. The third-order valence-electron chi connectivity index (χ3n) is 4.28. The van der Waals surface area contributed by atoms with Gasteiger partial charge in [0.05, 0.1) is 6.26 Å². The molecule has 3 nitrogen and oxygen atoms in total. The van der Waals surface area contributed by atoms with Gasteiger partial charge in [0.1, 0.15) is 0 Å². The molecule has 0 fully saturated rings. The van der Waals surface area contributed by atoms with E-state index in [2.05, 4.69) is 0 Å². The van der Waals surface area contributed by atoms with Crippen molar-refractivity contribution in [3.8, 4) is 0 Å². The fourth-order valence-corrected chi connectivity index (χ4v) is 7.70. The lowest BCUT2D eigenvalue weighted by Gasteiger charge is -2.39. The van der Waals surface area contributed by atoms with E-state index in [1.54, 1.807) is 0 Å². The van der Waals surface area contributed by atoms with Crippen LogP contribution in [0, 0.1) is 20.8 Å². The van der Waals surface area contributed by atoms with E-state index in [1.165, 1.54) is 0 Å². The van der Waals surface area contributed by atoms with Gasteiger partial charge in [0.2, 0.25) is 0 Å². The first-order valence-electron chi connectivity index (χ1n) is 8.65. The largest absolute Gasteiger partial charge is 0.274 e. The summed E-state index contributed by atoms with van der Waals surface area (Å²) >= 11 is 0. The summed E-state index contributed by atoms with van der Waals surface area (Å²) in [5.41, 5.74) is 3.33. The minimum absolute atomic E-state index is 0.853. The summed E-state index contributed by atoms with van der Waals surface area (Å²) in [5.74, 6) is 0. The van der Waals surface area contributed by atoms with Crippen LogP contribution in [-0.4, -0.2) is 14.7 Å². The van der Waals surface area contributed by atoms with Crippen LogP contribution in [0.3, 0.4) is 0 Å². The molecule has 5 heteroatoms. The highest BCUT2D eigenvalue weighted by molar-refractivity contribution is 8.33. The van der Waals surface area contributed by atoms with E-state index in [0.29, 0.717) is 0 Å². The van der Waals surface area contributed by atoms with Gasteiger partial charge in [0, 0.05) is 14.7 Å². The zero-order valence-electron chi connectivity index (χ0n) is 16.0. The van der Waals surface area contributed by atoms with E-state index >= 15 is 0 Å². The topological polar surface area (TPSA) is 43.4 Å². The molecule has 0 aliphatic heterocycles. The van der Waals surface area contributed by atoms with Gasteiger partial charge in [-0.3, -0.25) is 0 Å². The van der Waals surface area contributed by atoms with Crippen molar-refractivity contribution in [2.45, 2.75) is 35.5 Å². The Kier molecular flexibility index (Phi) is 5.47. The van der Waals surface area contributed by atoms with Crippen molar-refractivity contribution in [3.63, 3.8) is 0 Å². The van der Waals surface area contributed by atoms with Crippen LogP contribution >= 0.6 is 10.3 Å². The fourth-order valence-electron chi connectivity index (χ4n) is 2.90. The molecule has 0 saturated carbocycles. The number of hydrogen-bond acceptors (Lipinski definition) is 3. The molecular formula is C22H24O3S2. The maximum absolute atomic E-state index is 12.4. The molecule has 0 aliphatic carbocycles. The van der Waals surface area contributed by atoms with E-state index in [4.69, 9.17) is 3.63 Å². The van der Waals surface area contributed by atoms with Crippen molar-refractivity contribution in [1.29, 1.82) is 0 Å². The highest BCUT2D eigenvalue weighted by atomic mass is 32.3. The zero-order chi connectivity index (χ0) is 19.7. The number of benzene rings is 3. The van der Waals surface area contributed by atoms with Crippen molar-refractivity contribution in [2.24, 2.45) is 0 Å². The van der Waals surface area contributed by atoms with Crippen LogP contribution < -0.4 is 0 Å². The zero-order valence-corrected chi connectivity index (χ0v) is 17.6. The summed E-state index contributed by atoms with van der Waals surface area (Å²) in [4.78, 5) is 2.56. The standard InChI is InChI=1S/C22H24O3S2/c1-17-5-11-20(12-6-17)27(25-26(4,23)24,21-13-7-18(2)8-14-21)22-15-9-19(3)10-16-22/h5-16H,1-4H3. The van der Waals surface area contributed by atoms with Gasteiger partial charge in [0.25, 0.3) is 10.1 Å². The van der Waals surface area contributed by atoms with Crippen LogP contribution in [0.1, 0.15) is 16.7 Å². The Hall–Kier alpha value is -2.08. The third-order valence-corrected chi connectivity index (χ3v) is 8.90. The first-order valence-corrected chi connectivity index (χ1v) is 12.0. The quantitative estimate of drug-likeness (QED) is 0.545. The van der Waals surface area contributed by atoms with Gasteiger partial charge in [-0.25, -0.2) is 3.63 Å². The van der Waals surface area contributed by atoms with Gasteiger partial charge in [-0.15, -0.1) is 0 Å². The van der Waals surface area contributed by atoms with Crippen molar-refractivity contribution in [2.75, 3.05) is 6.26 Å². The predicted molar refractivity (Wildman–Crippen MR) is 112 cm³/mol. The molecule has 3 aromatic rings. The third kappa shape index (κ3) is 4.26. The average Bonchev–Trinajstić information content (AvgIpc) is 2.61. The van der Waals surface area contributed by atoms with Crippen LogP contribution in [0.25, 0.3) is 0 Å².